The summed E-state index contributed by atoms with van der Waals surface area (Å²) in [7, 11) is 0.325. The fourth-order valence-electron chi connectivity index (χ4n) is 11.1. The zero-order valence-electron chi connectivity index (χ0n) is 43.5. The second-order valence-corrected chi connectivity index (χ2v) is 25.0. The van der Waals surface area contributed by atoms with Crippen molar-refractivity contribution in [2.24, 2.45) is 11.1 Å². The minimum absolute atomic E-state index is 0.0535. The Hall–Kier alpha value is -6.69. The Morgan fingerprint density at radius 3 is 1.84 bits per heavy atom. The van der Waals surface area contributed by atoms with Crippen molar-refractivity contribution < 1.29 is 33.6 Å². The average Bonchev–Trinajstić information content (AvgIpc) is 4.01. The number of benzene rings is 4. The van der Waals surface area contributed by atoms with Gasteiger partial charge in [0, 0.05) is 35.6 Å². The van der Waals surface area contributed by atoms with Gasteiger partial charge in [-0.2, -0.15) is 0 Å². The molecule has 9 atom stereocenters. The molecular weight excluding hydrogens is 951 g/mol. The Morgan fingerprint density at radius 2 is 1.26 bits per heavy atom. The standard InChI is InChI=1S/C57H73N9O7Si/c1-34(59-5)50(67)64-49(57(2,3)4)56(73)65-31-41(30-47(65)53(70)62-45-19-11-15-36-13-7-9-17-42(36)45)61-52(69)39-25-27-40(28-26-39)60-51(68)38-23-21-35(22-24-38)29-44(58)55(72)66-33-74(6)32-48(66)54(71)63-46-20-12-16-37-14-8-10-18-43(37)46/h7-10,13-14,17-18,21-28,34,41,44-49,59,74H,11-12,15-16,19-20,29-33,58H2,1-6H3,(H,60,68)(H,61,69)(H,62,70)(H,63,71)(H,64,67)/t34-,41-,44-,45+,46+,47-,48-,49+,74?/m0/s1. The number of amides is 7. The summed E-state index contributed by atoms with van der Waals surface area (Å²) < 4.78 is 0. The number of rotatable bonds is 15. The number of nitrogens with two attached hydrogens (primary N) is 1. The number of aryl methyl sites for hydroxylation is 2. The normalized spacial score (nSPS) is 22.5. The summed E-state index contributed by atoms with van der Waals surface area (Å²) in [5.41, 5.74) is 12.4. The van der Waals surface area contributed by atoms with Crippen LogP contribution in [0.1, 0.15) is 120 Å². The lowest BCUT2D eigenvalue weighted by Crippen LogP contribution is -2.59. The van der Waals surface area contributed by atoms with Gasteiger partial charge < -0.3 is 47.4 Å². The van der Waals surface area contributed by atoms with Crippen molar-refractivity contribution in [3.63, 3.8) is 0 Å². The molecule has 4 aromatic carbocycles. The number of likely N-dealkylation sites (N-methyl/N-ethyl adjacent to an activating group) is 1. The number of nitrogens with zero attached hydrogens (tertiary/aromatic N) is 2. The van der Waals surface area contributed by atoms with Crippen LogP contribution >= 0.6 is 0 Å². The highest BCUT2D eigenvalue weighted by Crippen LogP contribution is 2.33. The molecule has 392 valence electrons. The molecule has 4 aliphatic rings. The number of likely N-dealkylation sites (tertiary alicyclic amines) is 1. The molecule has 0 radical (unpaired) electrons. The van der Waals surface area contributed by atoms with Gasteiger partial charge in [0.25, 0.3) is 11.8 Å². The van der Waals surface area contributed by atoms with E-state index in [0.717, 1.165) is 55.2 Å². The molecule has 2 aliphatic carbocycles. The number of carbonyl (C=O) groups excluding carboxylic acids is 7. The third-order valence-electron chi connectivity index (χ3n) is 15.3. The van der Waals surface area contributed by atoms with Crippen LogP contribution in [-0.4, -0.2) is 116 Å². The van der Waals surface area contributed by atoms with E-state index in [1.807, 2.05) is 51.1 Å². The number of hydrogen-bond acceptors (Lipinski definition) is 9. The molecule has 0 saturated carbocycles. The zero-order chi connectivity index (χ0) is 52.8. The molecule has 0 aromatic heterocycles. The third-order valence-corrected chi connectivity index (χ3v) is 17.6. The van der Waals surface area contributed by atoms with Gasteiger partial charge in [-0.3, -0.25) is 33.6 Å². The van der Waals surface area contributed by atoms with Gasteiger partial charge >= 0.3 is 0 Å². The predicted molar refractivity (Wildman–Crippen MR) is 288 cm³/mol. The van der Waals surface area contributed by atoms with E-state index >= 15 is 0 Å². The van der Waals surface area contributed by atoms with Crippen LogP contribution in [0, 0.1) is 5.41 Å². The molecule has 4 aromatic rings. The van der Waals surface area contributed by atoms with Gasteiger partial charge in [0.2, 0.25) is 29.5 Å². The minimum Gasteiger partial charge on any atom is -0.348 e. The van der Waals surface area contributed by atoms with E-state index < -0.39 is 62.3 Å². The highest BCUT2D eigenvalue weighted by atomic mass is 28.3. The maximum Gasteiger partial charge on any atom is 0.255 e. The SMILES string of the molecule is CN[C@@H](C)C(=O)N[C@H](C(=O)N1C[C@@H](NC(=O)c2ccc(NC(=O)c3ccc(C[C@H](N)C(=O)N4C[SiH](C)C[C@H]4C(=O)N[C@@H]4CCCc5ccccc54)cc3)cc2)C[C@H]1C(=O)N[C@@H]1CCCc2ccccc21)C(C)(C)C. The fraction of sp³-hybridized carbons (Fsp3) is 0.456. The first-order valence-electron chi connectivity index (χ1n) is 26.3. The van der Waals surface area contributed by atoms with Gasteiger partial charge in [0.05, 0.1) is 33.0 Å². The van der Waals surface area contributed by atoms with E-state index in [1.54, 1.807) is 67.4 Å². The van der Waals surface area contributed by atoms with Crippen molar-refractivity contribution in [3.05, 3.63) is 136 Å². The summed E-state index contributed by atoms with van der Waals surface area (Å²) in [5, 5.41) is 18.2. The Kier molecular flexibility index (Phi) is 16.8. The van der Waals surface area contributed by atoms with Crippen LogP contribution in [0.15, 0.2) is 97.1 Å². The summed E-state index contributed by atoms with van der Waals surface area (Å²) in [6, 6.07) is 25.6. The second kappa shape index (κ2) is 23.2. The summed E-state index contributed by atoms with van der Waals surface area (Å²) >= 11 is 0. The third kappa shape index (κ3) is 12.4. The van der Waals surface area contributed by atoms with Gasteiger partial charge in [-0.1, -0.05) is 88.0 Å². The maximum atomic E-state index is 14.5. The molecule has 0 bridgehead atoms. The van der Waals surface area contributed by atoms with Crippen molar-refractivity contribution in [2.75, 3.05) is 25.1 Å². The number of fused-ring (bicyclic) bond motifs is 2. The van der Waals surface area contributed by atoms with Crippen LogP contribution in [0.5, 0.6) is 0 Å². The summed E-state index contributed by atoms with van der Waals surface area (Å²) in [6.07, 6.45) is 6.45. The van der Waals surface area contributed by atoms with Crippen LogP contribution in [-0.2, 0) is 43.2 Å². The predicted octanol–water partition coefficient (Wildman–Crippen LogP) is 4.64. The number of hydrogen-bond donors (Lipinski definition) is 7. The Bertz CT molecular complexity index is 2730. The average molecular weight is 1020 g/mol. The Morgan fingerprint density at radius 1 is 0.703 bits per heavy atom. The highest BCUT2D eigenvalue weighted by Gasteiger charge is 2.46. The van der Waals surface area contributed by atoms with Crippen LogP contribution in [0.4, 0.5) is 5.69 Å². The fourth-order valence-corrected chi connectivity index (χ4v) is 13.5. The van der Waals surface area contributed by atoms with Crippen LogP contribution in [0.2, 0.25) is 12.6 Å². The molecular formula is C57H73N9O7Si. The number of nitrogens with one attached hydrogen (secondary N) is 6. The van der Waals surface area contributed by atoms with Gasteiger partial charge in [0.15, 0.2) is 0 Å². The molecule has 7 amide bonds. The lowest BCUT2D eigenvalue weighted by molar-refractivity contribution is -0.144. The highest BCUT2D eigenvalue weighted by molar-refractivity contribution is 6.59. The summed E-state index contributed by atoms with van der Waals surface area (Å²) in [6.45, 7) is 9.52. The van der Waals surface area contributed by atoms with Crippen LogP contribution in [0.25, 0.3) is 0 Å². The molecule has 0 spiro atoms. The first-order valence-corrected chi connectivity index (χ1v) is 29.1. The van der Waals surface area contributed by atoms with Crippen molar-refractivity contribution in [3.8, 4) is 0 Å². The molecule has 8 N–H and O–H groups in total. The zero-order valence-corrected chi connectivity index (χ0v) is 44.7. The van der Waals surface area contributed by atoms with E-state index in [0.29, 0.717) is 29.0 Å². The van der Waals surface area contributed by atoms with Crippen molar-refractivity contribution >= 4 is 55.8 Å². The van der Waals surface area contributed by atoms with Gasteiger partial charge in [-0.25, -0.2) is 0 Å². The largest absolute Gasteiger partial charge is 0.348 e. The minimum atomic E-state index is -1.34. The number of carbonyl (C=O) groups is 7. The van der Waals surface area contributed by atoms with Gasteiger partial charge in [-0.15, -0.1) is 0 Å². The van der Waals surface area contributed by atoms with E-state index in [2.05, 4.69) is 56.6 Å². The lowest BCUT2D eigenvalue weighted by atomic mass is 9.85. The summed E-state index contributed by atoms with van der Waals surface area (Å²) in [4.78, 5) is 99.9. The van der Waals surface area contributed by atoms with E-state index in [1.165, 1.54) is 16.0 Å². The second-order valence-electron chi connectivity index (χ2n) is 21.9. The first-order chi connectivity index (χ1) is 35.4. The lowest BCUT2D eigenvalue weighted by Gasteiger charge is -2.36. The smallest absolute Gasteiger partial charge is 0.255 e. The molecule has 74 heavy (non-hydrogen) atoms. The molecule has 16 nitrogen and oxygen atoms in total. The first kappa shape index (κ1) is 53.6. The molecule has 2 saturated heterocycles. The molecule has 2 aliphatic heterocycles. The summed E-state index contributed by atoms with van der Waals surface area (Å²) in [5.74, 6) is -2.22. The van der Waals surface area contributed by atoms with Crippen molar-refractivity contribution in [2.45, 2.75) is 140 Å². The van der Waals surface area contributed by atoms with Crippen molar-refractivity contribution in [1.82, 2.24) is 36.4 Å². The monoisotopic (exact) mass is 1020 g/mol. The quantitative estimate of drug-likeness (QED) is 0.0823. The molecule has 2 fully saturated rings. The number of anilines is 1. The molecule has 8 rings (SSSR count). The molecule has 1 unspecified atom stereocenters. The topological polar surface area (TPSA) is 224 Å². The Balaban J connectivity index is 0.867. The molecule has 2 heterocycles. The van der Waals surface area contributed by atoms with Gasteiger partial charge in [0.1, 0.15) is 18.1 Å². The molecule has 17 heteroatoms. The van der Waals surface area contributed by atoms with Gasteiger partial charge in [-0.05, 0) is 141 Å². The van der Waals surface area contributed by atoms with E-state index in [-0.39, 0.29) is 61.0 Å². The maximum absolute atomic E-state index is 14.5. The Labute approximate surface area is 436 Å². The van der Waals surface area contributed by atoms with Crippen LogP contribution in [0.3, 0.4) is 0 Å². The van der Waals surface area contributed by atoms with Crippen molar-refractivity contribution in [1.29, 1.82) is 0 Å². The van der Waals surface area contributed by atoms with E-state index in [9.17, 15) is 33.6 Å². The van der Waals surface area contributed by atoms with E-state index in [4.69, 9.17) is 5.73 Å². The van der Waals surface area contributed by atoms with Crippen LogP contribution < -0.4 is 37.6 Å².